The highest BCUT2D eigenvalue weighted by Crippen LogP contribution is 2.75. The molecule has 2 nitrogen and oxygen atoms in total. The van der Waals surface area contributed by atoms with Crippen LogP contribution in [-0.4, -0.2) is 17.0 Å². The van der Waals surface area contributed by atoms with Gasteiger partial charge in [-0.3, -0.25) is 4.79 Å². The lowest BCUT2D eigenvalue weighted by Gasteiger charge is -2.71. The number of carbonyl (C=O) groups excluding carboxylic acids is 1. The molecule has 0 aliphatic heterocycles. The molecule has 1 N–H and O–H groups in total. The van der Waals surface area contributed by atoms with Crippen molar-refractivity contribution in [3.8, 4) is 0 Å². The number of aliphatic hydroxyl groups excluding tert-OH is 1. The Kier molecular flexibility index (Phi) is 4.87. The number of hydrogen-bond donors (Lipinski definition) is 1. The van der Waals surface area contributed by atoms with E-state index >= 15 is 0 Å². The zero-order valence-electron chi connectivity index (χ0n) is 22.1. The summed E-state index contributed by atoms with van der Waals surface area (Å²) in [4.78, 5) is 12.9. The van der Waals surface area contributed by atoms with Crippen molar-refractivity contribution in [2.75, 3.05) is 0 Å². The molecule has 0 aromatic carbocycles. The van der Waals surface area contributed by atoms with Crippen LogP contribution in [-0.2, 0) is 4.79 Å². The fourth-order valence-electron chi connectivity index (χ4n) is 10.8. The van der Waals surface area contributed by atoms with Gasteiger partial charge >= 0.3 is 0 Å². The van der Waals surface area contributed by atoms with Crippen molar-refractivity contribution >= 4 is 5.78 Å². The van der Waals surface area contributed by atoms with Gasteiger partial charge in [0.25, 0.3) is 0 Å². The first-order valence-electron chi connectivity index (χ1n) is 13.7. The van der Waals surface area contributed by atoms with E-state index < -0.39 is 0 Å². The number of hydrogen-bond acceptors (Lipinski definition) is 2. The maximum absolute atomic E-state index is 12.9. The van der Waals surface area contributed by atoms with Crippen LogP contribution in [0.4, 0.5) is 0 Å². The van der Waals surface area contributed by atoms with Gasteiger partial charge in [0.2, 0.25) is 0 Å². The number of aliphatic hydroxyl groups is 1. The van der Waals surface area contributed by atoms with E-state index in [1.54, 1.807) is 5.57 Å². The van der Waals surface area contributed by atoms with Crippen LogP contribution in [0.3, 0.4) is 0 Å². The van der Waals surface area contributed by atoms with Gasteiger partial charge in [0.05, 0.1) is 6.10 Å². The van der Waals surface area contributed by atoms with Gasteiger partial charge in [-0.25, -0.2) is 0 Å². The Bertz CT molecular complexity index is 855. The van der Waals surface area contributed by atoms with E-state index in [4.69, 9.17) is 0 Å². The van der Waals surface area contributed by atoms with Gasteiger partial charge in [0.15, 0.2) is 0 Å². The standard InChI is InChI=1S/C30H48O2/c1-18-9-12-27(5)15-16-29(7)20(24(27)19(18)2)17-21(31)25-28(6)13-11-23(32)26(3,4)22(28)10-14-30(25,29)8/h17-19,21-22,24-25,31H,9-16H2,1-8H3/t18-,19+,21+,22+,24+,25-,27-,28+,29-,30-/m1/s1. The smallest absolute Gasteiger partial charge is 0.138 e. The molecule has 0 radical (unpaired) electrons. The molecule has 0 aromatic heterocycles. The van der Waals surface area contributed by atoms with E-state index in [2.05, 4.69) is 61.5 Å². The van der Waals surface area contributed by atoms with Gasteiger partial charge in [0.1, 0.15) is 5.78 Å². The monoisotopic (exact) mass is 440 g/mol. The number of allylic oxidation sites excluding steroid dienone is 1. The molecular weight excluding hydrogens is 392 g/mol. The molecule has 5 aliphatic carbocycles. The lowest BCUT2D eigenvalue weighted by Crippen LogP contribution is -2.67. The number of fused-ring (bicyclic) bond motifs is 7. The Balaban J connectivity index is 1.64. The van der Waals surface area contributed by atoms with Crippen molar-refractivity contribution in [1.82, 2.24) is 0 Å². The SMILES string of the molecule is C[C@H]1[C@H](C)CC[C@]2(C)CC[C@]3(C)C(=C[C@H](O)[C@@H]4[C@@]5(C)CCC(=O)C(C)(C)[C@@H]5CC[C@]43C)[C@H]12. The Labute approximate surface area is 197 Å². The van der Waals surface area contributed by atoms with Crippen LogP contribution in [0.1, 0.15) is 107 Å². The number of carbonyl (C=O) groups is 1. The summed E-state index contributed by atoms with van der Waals surface area (Å²) in [6, 6.07) is 0. The minimum atomic E-state index is -0.383. The molecule has 10 atom stereocenters. The van der Waals surface area contributed by atoms with Crippen molar-refractivity contribution < 1.29 is 9.90 Å². The third kappa shape index (κ3) is 2.60. The molecule has 4 saturated carbocycles. The number of rotatable bonds is 0. The topological polar surface area (TPSA) is 37.3 Å². The molecule has 0 bridgehead atoms. The highest BCUT2D eigenvalue weighted by atomic mass is 16.3. The van der Waals surface area contributed by atoms with E-state index in [0.717, 1.165) is 25.2 Å². The Morgan fingerprint density at radius 1 is 0.906 bits per heavy atom. The van der Waals surface area contributed by atoms with Crippen molar-refractivity contribution in [3.05, 3.63) is 11.6 Å². The largest absolute Gasteiger partial charge is 0.389 e. The summed E-state index contributed by atoms with van der Waals surface area (Å²) in [5.74, 6) is 3.12. The average Bonchev–Trinajstić information content (AvgIpc) is 2.70. The Hall–Kier alpha value is -0.630. The molecule has 180 valence electrons. The molecular formula is C30H48O2. The fraction of sp³-hybridized carbons (Fsp3) is 0.900. The zero-order chi connectivity index (χ0) is 23.5. The van der Waals surface area contributed by atoms with Crippen LogP contribution in [0.2, 0.25) is 0 Å². The first-order valence-corrected chi connectivity index (χ1v) is 13.7. The van der Waals surface area contributed by atoms with Crippen molar-refractivity contribution in [3.63, 3.8) is 0 Å². The van der Waals surface area contributed by atoms with Gasteiger partial charge in [0, 0.05) is 17.8 Å². The van der Waals surface area contributed by atoms with Gasteiger partial charge in [-0.05, 0) is 90.3 Å². The zero-order valence-corrected chi connectivity index (χ0v) is 22.1. The highest BCUT2D eigenvalue weighted by molar-refractivity contribution is 5.85. The minimum Gasteiger partial charge on any atom is -0.389 e. The summed E-state index contributed by atoms with van der Waals surface area (Å²) < 4.78 is 0. The quantitative estimate of drug-likeness (QED) is 0.404. The molecule has 32 heavy (non-hydrogen) atoms. The van der Waals surface area contributed by atoms with Crippen LogP contribution < -0.4 is 0 Å². The molecule has 0 unspecified atom stereocenters. The molecule has 0 saturated heterocycles. The van der Waals surface area contributed by atoms with Crippen LogP contribution in [0.5, 0.6) is 0 Å². The van der Waals surface area contributed by atoms with Crippen LogP contribution in [0, 0.1) is 56.7 Å². The van der Waals surface area contributed by atoms with Crippen LogP contribution in [0.25, 0.3) is 0 Å². The van der Waals surface area contributed by atoms with Gasteiger partial charge in [-0.1, -0.05) is 67.0 Å². The lowest BCUT2D eigenvalue weighted by atomic mass is 9.33. The molecule has 0 amide bonds. The third-order valence-electron chi connectivity index (χ3n) is 13.1. The average molecular weight is 441 g/mol. The van der Waals surface area contributed by atoms with Gasteiger partial charge in [-0.2, -0.15) is 0 Å². The van der Waals surface area contributed by atoms with E-state index in [-0.39, 0.29) is 33.7 Å². The second kappa shape index (κ2) is 6.73. The number of Topliss-reactive ketones (excluding diaryl/α,β-unsaturated/α-hetero) is 1. The van der Waals surface area contributed by atoms with E-state index in [1.807, 2.05) is 0 Å². The molecule has 5 aliphatic rings. The second-order valence-electron chi connectivity index (χ2n) is 14.6. The normalized spacial score (nSPS) is 56.9. The first kappa shape index (κ1) is 23.1. The van der Waals surface area contributed by atoms with Gasteiger partial charge < -0.3 is 5.11 Å². The van der Waals surface area contributed by atoms with Gasteiger partial charge in [-0.15, -0.1) is 0 Å². The molecule has 4 fully saturated rings. The summed E-state index contributed by atoms with van der Waals surface area (Å²) in [6.07, 6.45) is 11.2. The third-order valence-corrected chi connectivity index (χ3v) is 13.1. The Morgan fingerprint density at radius 3 is 2.28 bits per heavy atom. The fourth-order valence-corrected chi connectivity index (χ4v) is 10.8. The highest BCUT2D eigenvalue weighted by Gasteiger charge is 2.69. The lowest BCUT2D eigenvalue weighted by molar-refractivity contribution is -0.206. The summed E-state index contributed by atoms with van der Waals surface area (Å²) in [5.41, 5.74) is 2.02. The van der Waals surface area contributed by atoms with Crippen LogP contribution in [0.15, 0.2) is 11.6 Å². The van der Waals surface area contributed by atoms with E-state index in [0.29, 0.717) is 35.4 Å². The summed E-state index contributed by atoms with van der Waals surface area (Å²) in [6.45, 7) is 19.4. The summed E-state index contributed by atoms with van der Waals surface area (Å²) in [7, 11) is 0. The second-order valence-corrected chi connectivity index (χ2v) is 14.6. The predicted octanol–water partition coefficient (Wildman–Crippen LogP) is 7.20. The van der Waals surface area contributed by atoms with E-state index in [9.17, 15) is 9.90 Å². The maximum Gasteiger partial charge on any atom is 0.138 e. The first-order chi connectivity index (χ1) is 14.7. The minimum absolute atomic E-state index is 0.0289. The van der Waals surface area contributed by atoms with E-state index in [1.165, 1.54) is 25.7 Å². The Morgan fingerprint density at radius 2 is 1.59 bits per heavy atom. The molecule has 2 heteroatoms. The van der Waals surface area contributed by atoms with Crippen molar-refractivity contribution in [2.24, 2.45) is 56.7 Å². The van der Waals surface area contributed by atoms with Crippen molar-refractivity contribution in [2.45, 2.75) is 113 Å². The van der Waals surface area contributed by atoms with Crippen LogP contribution >= 0.6 is 0 Å². The number of ketones is 1. The maximum atomic E-state index is 12.9. The summed E-state index contributed by atoms with van der Waals surface area (Å²) in [5, 5.41) is 11.9. The summed E-state index contributed by atoms with van der Waals surface area (Å²) >= 11 is 0. The molecule has 0 heterocycles. The van der Waals surface area contributed by atoms with Crippen molar-refractivity contribution in [1.29, 1.82) is 0 Å². The molecule has 0 spiro atoms. The molecule has 5 rings (SSSR count). The predicted molar refractivity (Wildman–Crippen MR) is 131 cm³/mol. The molecule has 0 aromatic rings.